The van der Waals surface area contributed by atoms with Crippen LogP contribution in [-0.4, -0.2) is 49.6 Å². The molecule has 9 heteroatoms. The molecule has 2 aromatic rings. The van der Waals surface area contributed by atoms with E-state index in [0.717, 1.165) is 0 Å². The molecule has 0 aliphatic rings. The van der Waals surface area contributed by atoms with E-state index in [9.17, 15) is 0 Å². The van der Waals surface area contributed by atoms with Crippen molar-refractivity contribution in [3.05, 3.63) is 12.4 Å². The van der Waals surface area contributed by atoms with Gasteiger partial charge in [0.1, 0.15) is 0 Å². The van der Waals surface area contributed by atoms with Gasteiger partial charge in [0.05, 0.1) is 18.8 Å². The lowest BCUT2D eigenvalue weighted by atomic mass is 10.5. The van der Waals surface area contributed by atoms with E-state index >= 15 is 0 Å². The molecule has 2 heterocycles. The van der Waals surface area contributed by atoms with E-state index in [4.69, 9.17) is 4.74 Å². The third kappa shape index (κ3) is 4.04. The first kappa shape index (κ1) is 14.0. The molecule has 0 spiro atoms. The molecule has 2 N–H and O–H groups in total. The maximum absolute atomic E-state index is 5.48. The molecule has 0 saturated heterocycles. The predicted molar refractivity (Wildman–Crippen MR) is 73.6 cm³/mol. The van der Waals surface area contributed by atoms with E-state index in [1.165, 1.54) is 0 Å². The van der Waals surface area contributed by atoms with Gasteiger partial charge in [0.15, 0.2) is 0 Å². The van der Waals surface area contributed by atoms with Crippen molar-refractivity contribution in [2.75, 3.05) is 24.2 Å². The molecule has 0 bridgehead atoms. The van der Waals surface area contributed by atoms with Gasteiger partial charge in [0, 0.05) is 19.8 Å². The van der Waals surface area contributed by atoms with Gasteiger partial charge in [-0.1, -0.05) is 5.21 Å². The minimum Gasteiger partial charge on any atom is -0.461 e. The number of aromatic nitrogens is 6. The molecule has 108 valence electrons. The lowest BCUT2D eigenvalue weighted by Crippen LogP contribution is -2.16. The van der Waals surface area contributed by atoms with Gasteiger partial charge in [-0.2, -0.15) is 15.0 Å². The molecule has 0 saturated carbocycles. The highest BCUT2D eigenvalue weighted by atomic mass is 16.5. The molecule has 2 aromatic heterocycles. The summed E-state index contributed by atoms with van der Waals surface area (Å²) in [6, 6.07) is 0.294. The Morgan fingerprint density at radius 1 is 1.25 bits per heavy atom. The minimum absolute atomic E-state index is 0.00473. The predicted octanol–water partition coefficient (Wildman–Crippen LogP) is 0.404. The van der Waals surface area contributed by atoms with Crippen LogP contribution in [0.15, 0.2) is 12.4 Å². The van der Waals surface area contributed by atoms with Crippen LogP contribution >= 0.6 is 0 Å². The Morgan fingerprint density at radius 2 is 2.05 bits per heavy atom. The largest absolute Gasteiger partial charge is 0.461 e. The maximum atomic E-state index is 5.48. The maximum Gasteiger partial charge on any atom is 0.323 e. The van der Waals surface area contributed by atoms with Gasteiger partial charge < -0.3 is 15.4 Å². The van der Waals surface area contributed by atoms with Crippen molar-refractivity contribution in [2.45, 2.75) is 26.5 Å². The van der Waals surface area contributed by atoms with Gasteiger partial charge in [-0.25, -0.2) is 0 Å². The number of ether oxygens (including phenoxy) is 1. The lowest BCUT2D eigenvalue weighted by molar-refractivity contribution is 0.222. The number of nitrogens with one attached hydrogen (secondary N) is 2. The average molecular weight is 278 g/mol. The van der Waals surface area contributed by atoms with Crippen LogP contribution < -0.4 is 15.4 Å². The highest BCUT2D eigenvalue weighted by molar-refractivity contribution is 5.35. The Kier molecular flexibility index (Phi) is 4.64. The van der Waals surface area contributed by atoms with Crippen LogP contribution in [0, 0.1) is 0 Å². The summed E-state index contributed by atoms with van der Waals surface area (Å²) in [5.41, 5.74) is 0. The van der Waals surface area contributed by atoms with Crippen molar-refractivity contribution in [3.8, 4) is 6.01 Å². The SMILES string of the molecule is CNc1nc(NCCn2ccnn2)nc(OC(C)C)n1. The molecule has 0 amide bonds. The molecule has 0 unspecified atom stereocenters. The molecule has 0 aromatic carbocycles. The fraction of sp³-hybridized carbons (Fsp3) is 0.545. The highest BCUT2D eigenvalue weighted by Crippen LogP contribution is 2.11. The normalized spacial score (nSPS) is 10.6. The number of hydrogen-bond acceptors (Lipinski definition) is 8. The second-order valence-electron chi connectivity index (χ2n) is 4.27. The highest BCUT2D eigenvalue weighted by Gasteiger charge is 2.07. The zero-order valence-electron chi connectivity index (χ0n) is 11.7. The molecule has 0 aliphatic carbocycles. The van der Waals surface area contributed by atoms with Crippen LogP contribution in [0.2, 0.25) is 0 Å². The second-order valence-corrected chi connectivity index (χ2v) is 4.27. The van der Waals surface area contributed by atoms with E-state index in [-0.39, 0.29) is 6.10 Å². The number of anilines is 2. The molecule has 0 aliphatic heterocycles. The molecular weight excluding hydrogens is 260 g/mol. The average Bonchev–Trinajstić information content (AvgIpc) is 2.91. The van der Waals surface area contributed by atoms with E-state index in [1.807, 2.05) is 13.8 Å². The summed E-state index contributed by atoms with van der Waals surface area (Å²) < 4.78 is 7.20. The zero-order valence-corrected chi connectivity index (χ0v) is 11.7. The number of rotatable bonds is 7. The van der Waals surface area contributed by atoms with Crippen molar-refractivity contribution in [1.29, 1.82) is 0 Å². The summed E-state index contributed by atoms with van der Waals surface area (Å²) in [7, 11) is 1.74. The minimum atomic E-state index is 0.00473. The van der Waals surface area contributed by atoms with Crippen LogP contribution in [0.25, 0.3) is 0 Å². The van der Waals surface area contributed by atoms with Crippen molar-refractivity contribution in [2.24, 2.45) is 0 Å². The molecule has 0 fully saturated rings. The quantitative estimate of drug-likeness (QED) is 0.750. The van der Waals surface area contributed by atoms with Gasteiger partial charge in [-0.15, -0.1) is 5.10 Å². The van der Waals surface area contributed by atoms with Crippen molar-refractivity contribution in [1.82, 2.24) is 29.9 Å². The Balaban J connectivity index is 1.98. The summed E-state index contributed by atoms with van der Waals surface area (Å²) >= 11 is 0. The molecule has 0 atom stereocenters. The Morgan fingerprint density at radius 3 is 2.70 bits per heavy atom. The van der Waals surface area contributed by atoms with Gasteiger partial charge in [0.25, 0.3) is 0 Å². The van der Waals surface area contributed by atoms with E-state index in [0.29, 0.717) is 31.0 Å². The van der Waals surface area contributed by atoms with Crippen LogP contribution in [0.4, 0.5) is 11.9 Å². The topological polar surface area (TPSA) is 103 Å². The Labute approximate surface area is 116 Å². The molecule has 2 rings (SSSR count). The fourth-order valence-electron chi connectivity index (χ4n) is 1.45. The van der Waals surface area contributed by atoms with Crippen LogP contribution in [0.1, 0.15) is 13.8 Å². The van der Waals surface area contributed by atoms with E-state index in [2.05, 4.69) is 35.9 Å². The van der Waals surface area contributed by atoms with E-state index < -0.39 is 0 Å². The van der Waals surface area contributed by atoms with Crippen LogP contribution in [0.5, 0.6) is 6.01 Å². The molecule has 20 heavy (non-hydrogen) atoms. The standard InChI is InChI=1S/C11H18N8O/c1-8(2)20-11-16-9(12-3)15-10(17-11)13-4-6-19-7-5-14-18-19/h5,7-8H,4,6H2,1-3H3,(H2,12,13,15,16,17). The monoisotopic (exact) mass is 278 g/mol. The van der Waals surface area contributed by atoms with Crippen LogP contribution in [-0.2, 0) is 6.54 Å². The smallest absolute Gasteiger partial charge is 0.323 e. The summed E-state index contributed by atoms with van der Waals surface area (Å²) in [5.74, 6) is 0.916. The number of hydrogen-bond donors (Lipinski definition) is 2. The van der Waals surface area contributed by atoms with Crippen molar-refractivity contribution < 1.29 is 4.74 Å². The third-order valence-electron chi connectivity index (χ3n) is 2.28. The summed E-state index contributed by atoms with van der Waals surface area (Å²) in [5, 5.41) is 13.6. The first-order chi connectivity index (χ1) is 9.67. The summed E-state index contributed by atoms with van der Waals surface area (Å²) in [6.07, 6.45) is 3.43. The second kappa shape index (κ2) is 6.64. The summed E-state index contributed by atoms with van der Waals surface area (Å²) in [4.78, 5) is 12.5. The molecule has 0 radical (unpaired) electrons. The van der Waals surface area contributed by atoms with Gasteiger partial charge in [-0.05, 0) is 13.8 Å². The molecular formula is C11H18N8O. The molecule has 9 nitrogen and oxygen atoms in total. The van der Waals surface area contributed by atoms with Gasteiger partial charge in [-0.3, -0.25) is 4.68 Å². The first-order valence-corrected chi connectivity index (χ1v) is 6.36. The van der Waals surface area contributed by atoms with Crippen molar-refractivity contribution in [3.63, 3.8) is 0 Å². The fourth-order valence-corrected chi connectivity index (χ4v) is 1.45. The lowest BCUT2D eigenvalue weighted by Gasteiger charge is -2.11. The number of nitrogens with zero attached hydrogens (tertiary/aromatic N) is 6. The van der Waals surface area contributed by atoms with E-state index in [1.54, 1.807) is 24.1 Å². The van der Waals surface area contributed by atoms with Gasteiger partial charge >= 0.3 is 6.01 Å². The van der Waals surface area contributed by atoms with Crippen LogP contribution in [0.3, 0.4) is 0 Å². The third-order valence-corrected chi connectivity index (χ3v) is 2.28. The summed E-state index contributed by atoms with van der Waals surface area (Å²) in [6.45, 7) is 5.12. The first-order valence-electron chi connectivity index (χ1n) is 6.36. The Hall–Kier alpha value is -2.45. The Bertz CT molecular complexity index is 527. The van der Waals surface area contributed by atoms with Crippen molar-refractivity contribution >= 4 is 11.9 Å². The van der Waals surface area contributed by atoms with Gasteiger partial charge in [0.2, 0.25) is 11.9 Å². The zero-order chi connectivity index (χ0) is 14.4.